The van der Waals surface area contributed by atoms with Gasteiger partial charge in [0, 0.05) is 36.4 Å². The van der Waals surface area contributed by atoms with Gasteiger partial charge in [0.2, 0.25) is 5.88 Å². The first-order valence-electron chi connectivity index (χ1n) is 9.09. The van der Waals surface area contributed by atoms with Gasteiger partial charge in [-0.15, -0.1) is 0 Å². The summed E-state index contributed by atoms with van der Waals surface area (Å²) >= 11 is 0. The van der Waals surface area contributed by atoms with Crippen LogP contribution in [0.3, 0.4) is 0 Å². The van der Waals surface area contributed by atoms with E-state index in [1.807, 2.05) is 48.1 Å². The van der Waals surface area contributed by atoms with Crippen LogP contribution in [0, 0.1) is 5.92 Å². The first kappa shape index (κ1) is 17.5. The molecule has 1 aliphatic rings. The van der Waals surface area contributed by atoms with Crippen LogP contribution in [-0.2, 0) is 7.05 Å². The third-order valence-electron chi connectivity index (χ3n) is 5.38. The van der Waals surface area contributed by atoms with E-state index in [0.29, 0.717) is 24.3 Å². The standard InChI is InChI=1S/C21H23N3O3/c1-24-12-17(16-5-3-4-6-18(16)24)21(26)23-20(14-9-15(25)10-14)13-7-8-19(27-2)22-11-13/h3-8,11-12,14-15,20,25H,9-10H2,1-2H3,(H,23,26). The number of para-hydroxylation sites is 1. The summed E-state index contributed by atoms with van der Waals surface area (Å²) in [4.78, 5) is 17.3. The summed E-state index contributed by atoms with van der Waals surface area (Å²) in [5.41, 5.74) is 2.59. The van der Waals surface area contributed by atoms with Crippen LogP contribution < -0.4 is 10.1 Å². The van der Waals surface area contributed by atoms with Crippen molar-refractivity contribution in [3.8, 4) is 5.88 Å². The molecular formula is C21H23N3O3. The lowest BCUT2D eigenvalue weighted by atomic mass is 9.75. The number of ether oxygens (including phenoxy) is 1. The summed E-state index contributed by atoms with van der Waals surface area (Å²) < 4.78 is 7.09. The van der Waals surface area contributed by atoms with Crippen molar-refractivity contribution in [1.82, 2.24) is 14.9 Å². The number of pyridine rings is 1. The lowest BCUT2D eigenvalue weighted by molar-refractivity contribution is 0.0235. The molecule has 4 rings (SSSR count). The van der Waals surface area contributed by atoms with Crippen LogP contribution in [0.2, 0.25) is 0 Å². The minimum absolute atomic E-state index is 0.117. The van der Waals surface area contributed by atoms with E-state index in [4.69, 9.17) is 4.74 Å². The van der Waals surface area contributed by atoms with Crippen molar-refractivity contribution in [2.24, 2.45) is 13.0 Å². The smallest absolute Gasteiger partial charge is 0.253 e. The third kappa shape index (κ3) is 3.28. The van der Waals surface area contributed by atoms with Gasteiger partial charge in [0.25, 0.3) is 5.91 Å². The van der Waals surface area contributed by atoms with Crippen molar-refractivity contribution < 1.29 is 14.6 Å². The third-order valence-corrected chi connectivity index (χ3v) is 5.38. The van der Waals surface area contributed by atoms with Crippen LogP contribution in [0.15, 0.2) is 48.8 Å². The number of aliphatic hydroxyl groups is 1. The average Bonchev–Trinajstić information content (AvgIpc) is 3.01. The number of hydrogen-bond acceptors (Lipinski definition) is 4. The quantitative estimate of drug-likeness (QED) is 0.729. The highest BCUT2D eigenvalue weighted by atomic mass is 16.5. The second-order valence-electron chi connectivity index (χ2n) is 7.14. The van der Waals surface area contributed by atoms with Gasteiger partial charge in [0.1, 0.15) is 0 Å². The minimum Gasteiger partial charge on any atom is -0.481 e. The lowest BCUT2D eigenvalue weighted by Gasteiger charge is -2.38. The number of methoxy groups -OCH3 is 1. The van der Waals surface area contributed by atoms with Crippen LogP contribution in [0.1, 0.15) is 34.8 Å². The molecule has 2 aromatic heterocycles. The number of nitrogens with zero attached hydrogens (tertiary/aromatic N) is 2. The molecule has 1 unspecified atom stereocenters. The maximum absolute atomic E-state index is 13.1. The molecule has 1 saturated carbocycles. The van der Waals surface area contributed by atoms with Crippen LogP contribution in [0.5, 0.6) is 5.88 Å². The molecular weight excluding hydrogens is 342 g/mol. The highest BCUT2D eigenvalue weighted by Crippen LogP contribution is 2.38. The van der Waals surface area contributed by atoms with Crippen molar-refractivity contribution >= 4 is 16.8 Å². The number of benzene rings is 1. The maximum atomic E-state index is 13.1. The lowest BCUT2D eigenvalue weighted by Crippen LogP contribution is -2.41. The molecule has 0 radical (unpaired) electrons. The molecule has 2 heterocycles. The van der Waals surface area contributed by atoms with E-state index in [2.05, 4.69) is 10.3 Å². The monoisotopic (exact) mass is 365 g/mol. The number of rotatable bonds is 5. The molecule has 1 aromatic carbocycles. The summed E-state index contributed by atoms with van der Waals surface area (Å²) in [6.45, 7) is 0. The Labute approximate surface area is 157 Å². The number of nitrogens with one attached hydrogen (secondary N) is 1. The fraction of sp³-hybridized carbons (Fsp3) is 0.333. The Morgan fingerprint density at radius 1 is 1.30 bits per heavy atom. The Morgan fingerprint density at radius 3 is 2.74 bits per heavy atom. The number of hydrogen-bond donors (Lipinski definition) is 2. The Kier molecular flexibility index (Phi) is 4.58. The van der Waals surface area contributed by atoms with Crippen LogP contribution in [0.4, 0.5) is 0 Å². The summed E-state index contributed by atoms with van der Waals surface area (Å²) in [6, 6.07) is 11.4. The van der Waals surface area contributed by atoms with Crippen molar-refractivity contribution in [3.05, 3.63) is 59.9 Å². The zero-order valence-corrected chi connectivity index (χ0v) is 15.4. The molecule has 0 bridgehead atoms. The fourth-order valence-electron chi connectivity index (χ4n) is 3.81. The molecule has 27 heavy (non-hydrogen) atoms. The largest absolute Gasteiger partial charge is 0.481 e. The molecule has 0 spiro atoms. The van der Waals surface area contributed by atoms with E-state index in [1.165, 1.54) is 0 Å². The maximum Gasteiger partial charge on any atom is 0.253 e. The average molecular weight is 365 g/mol. The van der Waals surface area contributed by atoms with Crippen LogP contribution in [0.25, 0.3) is 10.9 Å². The van der Waals surface area contributed by atoms with E-state index < -0.39 is 0 Å². The van der Waals surface area contributed by atoms with Gasteiger partial charge in [-0.1, -0.05) is 24.3 Å². The Balaban J connectivity index is 1.63. The first-order valence-corrected chi connectivity index (χ1v) is 9.09. The van der Waals surface area contributed by atoms with Crippen LogP contribution >= 0.6 is 0 Å². The molecule has 0 aliphatic heterocycles. The zero-order chi connectivity index (χ0) is 19.0. The summed E-state index contributed by atoms with van der Waals surface area (Å²) in [6.07, 6.45) is 4.65. The van der Waals surface area contributed by atoms with Gasteiger partial charge in [-0.25, -0.2) is 4.98 Å². The van der Waals surface area contributed by atoms with Gasteiger partial charge in [-0.05, 0) is 30.4 Å². The van der Waals surface area contributed by atoms with E-state index in [-0.39, 0.29) is 24.0 Å². The number of carbonyl (C=O) groups is 1. The highest BCUT2D eigenvalue weighted by molar-refractivity contribution is 6.07. The van der Waals surface area contributed by atoms with Crippen LogP contribution in [-0.4, -0.2) is 33.8 Å². The number of aliphatic hydroxyl groups excluding tert-OH is 1. The molecule has 6 nitrogen and oxygen atoms in total. The fourth-order valence-corrected chi connectivity index (χ4v) is 3.81. The van der Waals surface area contributed by atoms with Crippen molar-refractivity contribution in [2.75, 3.05) is 7.11 Å². The molecule has 140 valence electrons. The first-order chi connectivity index (χ1) is 13.1. The minimum atomic E-state index is -0.293. The SMILES string of the molecule is COc1ccc(C(NC(=O)c2cn(C)c3ccccc23)C2CC(O)C2)cn1. The summed E-state index contributed by atoms with van der Waals surface area (Å²) in [7, 11) is 3.51. The molecule has 3 aromatic rings. The number of amides is 1. The molecule has 1 aliphatic carbocycles. The van der Waals surface area contributed by atoms with E-state index in [9.17, 15) is 9.90 Å². The van der Waals surface area contributed by atoms with Gasteiger partial charge < -0.3 is 19.7 Å². The molecule has 6 heteroatoms. The zero-order valence-electron chi connectivity index (χ0n) is 15.4. The van der Waals surface area contributed by atoms with E-state index >= 15 is 0 Å². The predicted molar refractivity (Wildman–Crippen MR) is 103 cm³/mol. The van der Waals surface area contributed by atoms with Crippen molar-refractivity contribution in [1.29, 1.82) is 0 Å². The van der Waals surface area contributed by atoms with Gasteiger partial charge >= 0.3 is 0 Å². The van der Waals surface area contributed by atoms with Gasteiger partial charge in [-0.3, -0.25) is 4.79 Å². The van der Waals surface area contributed by atoms with Gasteiger partial charge in [0.15, 0.2) is 0 Å². The number of fused-ring (bicyclic) bond motifs is 1. The molecule has 1 fully saturated rings. The topological polar surface area (TPSA) is 76.4 Å². The Bertz CT molecular complexity index is 958. The highest BCUT2D eigenvalue weighted by Gasteiger charge is 2.36. The molecule has 1 atom stereocenters. The number of aromatic nitrogens is 2. The Morgan fingerprint density at radius 2 is 2.07 bits per heavy atom. The van der Waals surface area contributed by atoms with Crippen molar-refractivity contribution in [2.45, 2.75) is 25.0 Å². The second-order valence-corrected chi connectivity index (χ2v) is 7.14. The molecule has 0 saturated heterocycles. The molecule has 1 amide bonds. The number of carbonyl (C=O) groups excluding carboxylic acids is 1. The van der Waals surface area contributed by atoms with Crippen molar-refractivity contribution in [3.63, 3.8) is 0 Å². The number of aryl methyl sites for hydroxylation is 1. The summed E-state index contributed by atoms with van der Waals surface area (Å²) in [5, 5.41) is 13.8. The molecule has 2 N–H and O–H groups in total. The van der Waals surface area contributed by atoms with E-state index in [1.54, 1.807) is 19.4 Å². The van der Waals surface area contributed by atoms with Gasteiger partial charge in [0.05, 0.1) is 24.8 Å². The van der Waals surface area contributed by atoms with Gasteiger partial charge in [-0.2, -0.15) is 0 Å². The predicted octanol–water partition coefficient (Wildman–Crippen LogP) is 2.82. The van der Waals surface area contributed by atoms with E-state index in [0.717, 1.165) is 16.5 Å². The second kappa shape index (κ2) is 7.04. The normalized spacial score (nSPS) is 20.1. The Hall–Kier alpha value is -2.86. The summed E-state index contributed by atoms with van der Waals surface area (Å²) in [5.74, 6) is 0.606.